The van der Waals surface area contributed by atoms with Gasteiger partial charge in [0.25, 0.3) is 0 Å². The minimum atomic E-state index is -0.168. The van der Waals surface area contributed by atoms with E-state index < -0.39 is 0 Å². The van der Waals surface area contributed by atoms with E-state index in [2.05, 4.69) is 33.3 Å². The van der Waals surface area contributed by atoms with E-state index in [0.29, 0.717) is 12.0 Å². The molecule has 3 saturated carbocycles. The number of morpholine rings is 1. The summed E-state index contributed by atoms with van der Waals surface area (Å²) in [6.45, 7) is 6.26. The number of rotatable bonds is 2. The van der Waals surface area contributed by atoms with Crippen LogP contribution < -0.4 is 4.90 Å². The van der Waals surface area contributed by atoms with Gasteiger partial charge in [-0.2, -0.15) is 0 Å². The van der Waals surface area contributed by atoms with E-state index in [1.54, 1.807) is 6.33 Å². The minimum Gasteiger partial charge on any atom is -0.365 e. The van der Waals surface area contributed by atoms with Crippen molar-refractivity contribution in [3.05, 3.63) is 12.7 Å². The Kier molecular flexibility index (Phi) is 2.94. The van der Waals surface area contributed by atoms with Gasteiger partial charge in [-0.25, -0.2) is 15.0 Å². The molecule has 26 heavy (non-hydrogen) atoms. The average Bonchev–Trinajstić information content (AvgIpc) is 3.04. The highest BCUT2D eigenvalue weighted by molar-refractivity contribution is 5.83. The third-order valence-corrected chi connectivity index (χ3v) is 7.01. The molecule has 6 rings (SSSR count). The Morgan fingerprint density at radius 2 is 1.96 bits per heavy atom. The summed E-state index contributed by atoms with van der Waals surface area (Å²) >= 11 is 0. The highest BCUT2D eigenvalue weighted by atomic mass is 16.5. The number of hydrogen-bond acceptors (Lipinski definition) is 5. The summed E-state index contributed by atoms with van der Waals surface area (Å²) in [5, 5.41) is 0. The second-order valence-corrected chi connectivity index (χ2v) is 9.62. The molecule has 0 radical (unpaired) electrons. The van der Waals surface area contributed by atoms with Crippen LogP contribution in [0, 0.1) is 11.8 Å². The van der Waals surface area contributed by atoms with Crippen molar-refractivity contribution in [3.63, 3.8) is 0 Å². The molecule has 0 N–H and O–H groups in total. The Morgan fingerprint density at radius 3 is 2.69 bits per heavy atom. The molecule has 2 aromatic heterocycles. The zero-order chi connectivity index (χ0) is 17.5. The summed E-state index contributed by atoms with van der Waals surface area (Å²) in [5.41, 5.74) is 1.78. The van der Waals surface area contributed by atoms with Crippen molar-refractivity contribution in [1.82, 2.24) is 19.5 Å². The first-order chi connectivity index (χ1) is 12.5. The summed E-state index contributed by atoms with van der Waals surface area (Å²) in [4.78, 5) is 16.4. The van der Waals surface area contributed by atoms with E-state index >= 15 is 0 Å². The van der Waals surface area contributed by atoms with Crippen molar-refractivity contribution in [2.45, 2.75) is 69.6 Å². The van der Waals surface area contributed by atoms with Gasteiger partial charge in [0.2, 0.25) is 0 Å². The maximum absolute atomic E-state index is 6.76. The maximum Gasteiger partial charge on any atom is 0.165 e. The lowest BCUT2D eigenvalue weighted by molar-refractivity contribution is -0.175. The van der Waals surface area contributed by atoms with Crippen molar-refractivity contribution in [1.29, 1.82) is 0 Å². The van der Waals surface area contributed by atoms with E-state index in [-0.39, 0.29) is 11.2 Å². The van der Waals surface area contributed by atoms with Crippen LogP contribution >= 0.6 is 0 Å². The molecule has 138 valence electrons. The van der Waals surface area contributed by atoms with Gasteiger partial charge in [-0.15, -0.1) is 0 Å². The fourth-order valence-electron chi connectivity index (χ4n) is 6.01. The van der Waals surface area contributed by atoms with E-state index in [0.717, 1.165) is 36.0 Å². The third kappa shape index (κ3) is 2.17. The number of ether oxygens (including phenoxy) is 1. The second kappa shape index (κ2) is 4.97. The molecule has 4 aliphatic rings. The largest absolute Gasteiger partial charge is 0.365 e. The van der Waals surface area contributed by atoms with Crippen molar-refractivity contribution < 1.29 is 4.74 Å². The molecule has 2 bridgehead atoms. The number of nitrogens with zero attached hydrogens (tertiary/aromatic N) is 5. The molecular weight excluding hydrogens is 326 g/mol. The molecule has 0 aromatic carbocycles. The van der Waals surface area contributed by atoms with Crippen molar-refractivity contribution in [2.75, 3.05) is 18.0 Å². The summed E-state index contributed by atoms with van der Waals surface area (Å²) < 4.78 is 9.00. The molecule has 2 aromatic rings. The van der Waals surface area contributed by atoms with Crippen molar-refractivity contribution in [2.24, 2.45) is 11.8 Å². The Bertz CT molecular complexity index is 872. The van der Waals surface area contributed by atoms with Gasteiger partial charge >= 0.3 is 0 Å². The van der Waals surface area contributed by atoms with Crippen molar-refractivity contribution >= 4 is 17.0 Å². The summed E-state index contributed by atoms with van der Waals surface area (Å²) in [7, 11) is 0. The van der Waals surface area contributed by atoms with Gasteiger partial charge in [-0.3, -0.25) is 0 Å². The molecule has 1 aliphatic heterocycles. The smallest absolute Gasteiger partial charge is 0.165 e. The first-order valence-corrected chi connectivity index (χ1v) is 10.2. The number of imidazole rings is 1. The summed E-state index contributed by atoms with van der Waals surface area (Å²) in [5.74, 6) is 2.55. The lowest BCUT2D eigenvalue weighted by Gasteiger charge is -2.52. The zero-order valence-electron chi connectivity index (χ0n) is 15.7. The van der Waals surface area contributed by atoms with E-state index in [1.165, 1.54) is 38.5 Å². The lowest BCUT2D eigenvalue weighted by atomic mass is 9.81. The third-order valence-electron chi connectivity index (χ3n) is 7.01. The Balaban J connectivity index is 1.42. The summed E-state index contributed by atoms with van der Waals surface area (Å²) in [6.07, 6.45) is 11.4. The number of fused-ring (bicyclic) bond motifs is 4. The fourth-order valence-corrected chi connectivity index (χ4v) is 6.01. The molecule has 1 saturated heterocycles. The molecule has 3 atom stereocenters. The topological polar surface area (TPSA) is 56.1 Å². The van der Waals surface area contributed by atoms with Crippen LogP contribution in [0.3, 0.4) is 0 Å². The zero-order valence-corrected chi connectivity index (χ0v) is 15.7. The quantitative estimate of drug-likeness (QED) is 0.829. The van der Waals surface area contributed by atoms with Crippen LogP contribution in [0.2, 0.25) is 0 Å². The molecular formula is C20H27N5O. The normalized spacial score (nSPS) is 35.7. The highest BCUT2D eigenvalue weighted by Crippen LogP contribution is 2.55. The van der Waals surface area contributed by atoms with E-state index in [1.807, 2.05) is 6.33 Å². The summed E-state index contributed by atoms with van der Waals surface area (Å²) in [6, 6.07) is 0.584. The molecule has 3 aliphatic carbocycles. The number of anilines is 1. The SMILES string of the molecule is CC1(C)CN(c2ncnc3c2ncn3C2CC2)C[C@]2(C[C@@H]3CC[C@H]2C3)O1. The molecule has 4 fully saturated rings. The fraction of sp³-hybridized carbons (Fsp3) is 0.750. The minimum absolute atomic E-state index is 0.000990. The van der Waals surface area contributed by atoms with E-state index in [9.17, 15) is 0 Å². The Labute approximate surface area is 154 Å². The van der Waals surface area contributed by atoms with Crippen LogP contribution in [0.15, 0.2) is 12.7 Å². The molecule has 0 amide bonds. The van der Waals surface area contributed by atoms with Gasteiger partial charge in [-0.1, -0.05) is 0 Å². The van der Waals surface area contributed by atoms with Crippen LogP contribution in [0.25, 0.3) is 11.2 Å². The molecule has 1 spiro atoms. The second-order valence-electron chi connectivity index (χ2n) is 9.62. The standard InChI is InChI=1S/C20H27N5O/c1-19(2)9-24(10-20(26-19)8-13-3-4-14(20)7-13)17-16-18(22-11-21-17)25(12-23-16)15-5-6-15/h11-15H,3-10H2,1-2H3/t13-,14+,20+/m1/s1. The van der Waals surface area contributed by atoms with Gasteiger partial charge in [-0.05, 0) is 64.2 Å². The average molecular weight is 353 g/mol. The Hall–Kier alpha value is -1.69. The van der Waals surface area contributed by atoms with Crippen molar-refractivity contribution in [3.8, 4) is 0 Å². The lowest BCUT2D eigenvalue weighted by Crippen LogP contribution is -2.62. The molecule has 6 nitrogen and oxygen atoms in total. The predicted molar refractivity (Wildman–Crippen MR) is 99.2 cm³/mol. The van der Waals surface area contributed by atoms with E-state index in [4.69, 9.17) is 9.72 Å². The molecule has 6 heteroatoms. The van der Waals surface area contributed by atoms with Crippen LogP contribution in [-0.2, 0) is 4.74 Å². The monoisotopic (exact) mass is 353 g/mol. The molecule has 0 unspecified atom stereocenters. The van der Waals surface area contributed by atoms with Gasteiger partial charge < -0.3 is 14.2 Å². The van der Waals surface area contributed by atoms with Crippen LogP contribution in [0.1, 0.15) is 58.4 Å². The highest BCUT2D eigenvalue weighted by Gasteiger charge is 2.57. The maximum atomic E-state index is 6.76. The van der Waals surface area contributed by atoms with Crippen LogP contribution in [0.4, 0.5) is 5.82 Å². The van der Waals surface area contributed by atoms with Crippen LogP contribution in [-0.4, -0.2) is 43.8 Å². The predicted octanol–water partition coefficient (Wildman–Crippen LogP) is 3.34. The van der Waals surface area contributed by atoms with Gasteiger partial charge in [0, 0.05) is 19.1 Å². The van der Waals surface area contributed by atoms with Gasteiger partial charge in [0.15, 0.2) is 17.0 Å². The van der Waals surface area contributed by atoms with Crippen LogP contribution in [0.5, 0.6) is 0 Å². The van der Waals surface area contributed by atoms with Gasteiger partial charge in [0.1, 0.15) is 6.33 Å². The first-order valence-electron chi connectivity index (χ1n) is 10.2. The number of aromatic nitrogens is 4. The molecule has 3 heterocycles. The Morgan fingerprint density at radius 1 is 1.08 bits per heavy atom. The first kappa shape index (κ1) is 15.4. The van der Waals surface area contributed by atoms with Gasteiger partial charge in [0.05, 0.1) is 17.5 Å². The number of hydrogen-bond donors (Lipinski definition) is 0.